The molecule has 4 amide bonds. The second-order valence-electron chi connectivity index (χ2n) is 14.4. The molecule has 0 saturated carbocycles. The summed E-state index contributed by atoms with van der Waals surface area (Å²) in [5, 5.41) is 0. The summed E-state index contributed by atoms with van der Waals surface area (Å²) >= 11 is 0. The zero-order chi connectivity index (χ0) is 36.6. The fourth-order valence-corrected chi connectivity index (χ4v) is 8.10. The number of likely N-dealkylation sites (tertiary alicyclic amines) is 1. The lowest BCUT2D eigenvalue weighted by molar-refractivity contribution is -0.144. The molecule has 4 aromatic carbocycles. The van der Waals surface area contributed by atoms with Gasteiger partial charge in [0, 0.05) is 31.0 Å². The molecule has 4 aromatic rings. The maximum Gasteiger partial charge on any atom is 0.250 e. The van der Waals surface area contributed by atoms with Gasteiger partial charge in [-0.25, -0.2) is 0 Å². The summed E-state index contributed by atoms with van der Waals surface area (Å²) < 4.78 is 0. The highest BCUT2D eigenvalue weighted by Crippen LogP contribution is 2.33. The first kappa shape index (κ1) is 35.9. The second kappa shape index (κ2) is 16.9. The molecule has 0 bridgehead atoms. The van der Waals surface area contributed by atoms with Gasteiger partial charge in [0.25, 0.3) is 5.91 Å². The molecule has 2 unspecified atom stereocenters. The van der Waals surface area contributed by atoms with Gasteiger partial charge in [0.05, 0.1) is 0 Å². The van der Waals surface area contributed by atoms with Crippen LogP contribution in [0.1, 0.15) is 67.2 Å². The van der Waals surface area contributed by atoms with E-state index in [1.807, 2.05) is 102 Å². The lowest BCUT2D eigenvalue weighted by Gasteiger charge is -2.42. The number of hydrogen-bond donors (Lipinski definition) is 0. The van der Waals surface area contributed by atoms with Crippen molar-refractivity contribution in [2.45, 2.75) is 75.9 Å². The highest BCUT2D eigenvalue weighted by Gasteiger charge is 2.48. The average Bonchev–Trinajstić information content (AvgIpc) is 3.93. The largest absolute Gasteiger partial charge is 0.341 e. The molecule has 3 aliphatic heterocycles. The van der Waals surface area contributed by atoms with Crippen LogP contribution in [0, 0.1) is 0 Å². The van der Waals surface area contributed by atoms with Crippen LogP contribution in [-0.4, -0.2) is 71.7 Å². The third-order valence-corrected chi connectivity index (χ3v) is 11.0. The molecular formula is C45H48N4O4. The van der Waals surface area contributed by atoms with E-state index in [1.165, 1.54) is 5.56 Å². The molecule has 7 rings (SSSR count). The number of fused-ring (bicyclic) bond motifs is 1. The minimum absolute atomic E-state index is 0.00708. The molecule has 3 saturated heterocycles. The van der Waals surface area contributed by atoms with Gasteiger partial charge in [0.15, 0.2) is 0 Å². The maximum absolute atomic E-state index is 13.8. The standard InChI is InChI=1S/C45H48N4O4/c50-33-48(41(43(51)46-30-7-8-31-46)29-24-35-13-5-2-6-14-35)38-25-20-36(21-26-38)18-19-37-22-27-39(28-23-37)49-42(16-9-15-34-11-3-1-4-12-34)44(52)47-32-10-17-40(47)45(49)53/h1-6,11-14,18-23,25-28,33,40-42H,7-10,15-17,24,29-32H2/b19-18+/t40-,41?,42?/m0/s1. The van der Waals surface area contributed by atoms with Gasteiger partial charge < -0.3 is 14.7 Å². The van der Waals surface area contributed by atoms with Crippen LogP contribution in [0.15, 0.2) is 109 Å². The van der Waals surface area contributed by atoms with Crippen LogP contribution < -0.4 is 9.80 Å². The minimum atomic E-state index is -0.576. The number of carbonyl (C=O) groups excluding carboxylic acids is 4. The van der Waals surface area contributed by atoms with Gasteiger partial charge in [-0.1, -0.05) is 97.1 Å². The lowest BCUT2D eigenvalue weighted by Crippen LogP contribution is -2.63. The molecule has 3 fully saturated rings. The molecule has 8 nitrogen and oxygen atoms in total. The SMILES string of the molecule is O=CN(c1ccc(/C=C/c2ccc(N3C(=O)[C@@H]4CCCN4C(=O)C3CCCc3ccccc3)cc2)cc1)C(CCc1ccccc1)C(=O)N1CCCC1. The summed E-state index contributed by atoms with van der Waals surface area (Å²) in [6.07, 6.45) is 11.9. The van der Waals surface area contributed by atoms with Gasteiger partial charge in [0.1, 0.15) is 18.1 Å². The van der Waals surface area contributed by atoms with Crippen molar-refractivity contribution in [3.63, 3.8) is 0 Å². The topological polar surface area (TPSA) is 81.2 Å². The van der Waals surface area contributed by atoms with Crippen molar-refractivity contribution in [2.24, 2.45) is 0 Å². The third-order valence-electron chi connectivity index (χ3n) is 11.0. The smallest absolute Gasteiger partial charge is 0.250 e. The van der Waals surface area contributed by atoms with Crippen LogP contribution in [0.3, 0.4) is 0 Å². The molecule has 0 N–H and O–H groups in total. The van der Waals surface area contributed by atoms with Crippen molar-refractivity contribution in [1.82, 2.24) is 9.80 Å². The molecule has 3 aliphatic rings. The van der Waals surface area contributed by atoms with Gasteiger partial charge in [-0.05, 0) is 104 Å². The highest BCUT2D eigenvalue weighted by molar-refractivity contribution is 6.08. The Hall–Kier alpha value is -5.50. The quantitative estimate of drug-likeness (QED) is 0.103. The Morgan fingerprint density at radius 3 is 1.94 bits per heavy atom. The average molecular weight is 709 g/mol. The zero-order valence-electron chi connectivity index (χ0n) is 30.3. The van der Waals surface area contributed by atoms with Gasteiger partial charge >= 0.3 is 0 Å². The molecular weight excluding hydrogens is 661 g/mol. The number of anilines is 2. The summed E-state index contributed by atoms with van der Waals surface area (Å²) in [7, 11) is 0. The molecule has 3 atom stereocenters. The first-order valence-corrected chi connectivity index (χ1v) is 19.1. The molecule has 3 heterocycles. The third kappa shape index (κ3) is 8.27. The predicted octanol–water partition coefficient (Wildman–Crippen LogP) is 7.17. The Bertz CT molecular complexity index is 1890. The van der Waals surface area contributed by atoms with Gasteiger partial charge in [-0.15, -0.1) is 0 Å². The molecule has 272 valence electrons. The number of piperazine rings is 1. The highest BCUT2D eigenvalue weighted by atomic mass is 16.2. The van der Waals surface area contributed by atoms with Gasteiger partial charge in [-0.2, -0.15) is 0 Å². The normalized spacial score (nSPS) is 19.1. The van der Waals surface area contributed by atoms with E-state index in [0.29, 0.717) is 37.9 Å². The van der Waals surface area contributed by atoms with E-state index in [0.717, 1.165) is 74.0 Å². The molecule has 0 radical (unpaired) electrons. The van der Waals surface area contributed by atoms with E-state index >= 15 is 0 Å². The fraction of sp³-hybridized carbons (Fsp3) is 0.333. The summed E-state index contributed by atoms with van der Waals surface area (Å²) in [6.45, 7) is 2.12. The Balaban J connectivity index is 1.03. The minimum Gasteiger partial charge on any atom is -0.341 e. The number of benzene rings is 4. The summed E-state index contributed by atoms with van der Waals surface area (Å²) in [4.78, 5) is 60.7. The first-order chi connectivity index (χ1) is 26.0. The number of hydrogen-bond acceptors (Lipinski definition) is 4. The monoisotopic (exact) mass is 708 g/mol. The lowest BCUT2D eigenvalue weighted by atomic mass is 9.97. The molecule has 8 heteroatoms. The van der Waals surface area contributed by atoms with Gasteiger partial charge in [-0.3, -0.25) is 24.1 Å². The Morgan fingerprint density at radius 1 is 0.717 bits per heavy atom. The van der Waals surface area contributed by atoms with Crippen LogP contribution in [0.25, 0.3) is 12.2 Å². The second-order valence-corrected chi connectivity index (χ2v) is 14.4. The maximum atomic E-state index is 13.8. The molecule has 53 heavy (non-hydrogen) atoms. The van der Waals surface area contributed by atoms with Crippen molar-refractivity contribution in [1.29, 1.82) is 0 Å². The zero-order valence-corrected chi connectivity index (χ0v) is 30.3. The van der Waals surface area contributed by atoms with E-state index in [-0.39, 0.29) is 23.8 Å². The van der Waals surface area contributed by atoms with Crippen LogP contribution >= 0.6 is 0 Å². The van der Waals surface area contributed by atoms with Crippen LogP contribution in [-0.2, 0) is 32.0 Å². The van der Waals surface area contributed by atoms with E-state index in [1.54, 1.807) is 14.7 Å². The summed E-state index contributed by atoms with van der Waals surface area (Å²) in [5.41, 5.74) is 5.72. The van der Waals surface area contributed by atoms with Crippen molar-refractivity contribution in [2.75, 3.05) is 29.4 Å². The first-order valence-electron chi connectivity index (χ1n) is 19.1. The van der Waals surface area contributed by atoms with Crippen LogP contribution in [0.5, 0.6) is 0 Å². The summed E-state index contributed by atoms with van der Waals surface area (Å²) in [5.74, 6) is 0.0836. The molecule has 0 spiro atoms. The number of amides is 4. The van der Waals surface area contributed by atoms with Crippen molar-refractivity contribution < 1.29 is 19.2 Å². The number of nitrogens with zero attached hydrogens (tertiary/aromatic N) is 4. The summed E-state index contributed by atoms with van der Waals surface area (Å²) in [6, 6.07) is 34.4. The number of carbonyl (C=O) groups is 4. The van der Waals surface area contributed by atoms with Crippen molar-refractivity contribution in [3.05, 3.63) is 131 Å². The molecule has 0 aliphatic carbocycles. The van der Waals surface area contributed by atoms with Crippen molar-refractivity contribution >= 4 is 47.7 Å². The van der Waals surface area contributed by atoms with E-state index in [9.17, 15) is 19.2 Å². The van der Waals surface area contributed by atoms with Gasteiger partial charge in [0.2, 0.25) is 18.2 Å². The Morgan fingerprint density at radius 2 is 1.32 bits per heavy atom. The van der Waals surface area contributed by atoms with Crippen molar-refractivity contribution in [3.8, 4) is 0 Å². The number of aryl methyl sites for hydroxylation is 2. The van der Waals surface area contributed by atoms with E-state index in [2.05, 4.69) is 24.3 Å². The van der Waals surface area contributed by atoms with Crippen LogP contribution in [0.4, 0.5) is 11.4 Å². The predicted molar refractivity (Wildman–Crippen MR) is 210 cm³/mol. The molecule has 0 aromatic heterocycles. The Kier molecular flexibility index (Phi) is 11.4. The van der Waals surface area contributed by atoms with E-state index in [4.69, 9.17) is 0 Å². The van der Waals surface area contributed by atoms with Crippen LogP contribution in [0.2, 0.25) is 0 Å². The fourth-order valence-electron chi connectivity index (χ4n) is 8.10. The number of rotatable bonds is 14. The Labute approximate surface area is 312 Å². The van der Waals surface area contributed by atoms with E-state index < -0.39 is 12.1 Å².